The van der Waals surface area contributed by atoms with Crippen molar-refractivity contribution in [2.75, 3.05) is 19.6 Å². The number of nitrogens with one attached hydrogen (secondary N) is 1. The molecule has 1 saturated carbocycles. The maximum atomic E-state index is 12.1. The summed E-state index contributed by atoms with van der Waals surface area (Å²) in [7, 11) is 0. The number of carbonyl (C=O) groups is 1. The molecule has 1 atom stereocenters. The highest BCUT2D eigenvalue weighted by Crippen LogP contribution is 2.31. The molecule has 6 heteroatoms. The van der Waals surface area contributed by atoms with E-state index in [2.05, 4.69) is 15.0 Å². The molecular formula is C18H24F2N2O2. The number of ether oxygens (including phenoxy) is 1. The van der Waals surface area contributed by atoms with E-state index < -0.39 is 6.61 Å². The Hall–Kier alpha value is -1.69. The zero-order chi connectivity index (χ0) is 16.9. The highest BCUT2D eigenvalue weighted by molar-refractivity contribution is 5.76. The van der Waals surface area contributed by atoms with Crippen LogP contribution in [0, 0.1) is 5.92 Å². The molecule has 3 rings (SSSR count). The molecule has 1 aliphatic carbocycles. The van der Waals surface area contributed by atoms with Gasteiger partial charge in [-0.15, -0.1) is 0 Å². The number of benzene rings is 1. The summed E-state index contributed by atoms with van der Waals surface area (Å²) in [6.07, 6.45) is 4.84. The minimum absolute atomic E-state index is 0.0489. The number of hydrogen-bond acceptors (Lipinski definition) is 3. The number of aryl methyl sites for hydroxylation is 1. The van der Waals surface area contributed by atoms with E-state index in [1.54, 1.807) is 12.1 Å². The third kappa shape index (κ3) is 5.16. The molecule has 1 amide bonds. The van der Waals surface area contributed by atoms with Gasteiger partial charge in [0.1, 0.15) is 5.75 Å². The van der Waals surface area contributed by atoms with Crippen LogP contribution in [0.1, 0.15) is 31.2 Å². The second-order valence-electron chi connectivity index (χ2n) is 6.71. The Morgan fingerprint density at radius 2 is 2.00 bits per heavy atom. The fraction of sp³-hybridized carbons (Fsp3) is 0.611. The number of rotatable bonds is 8. The van der Waals surface area contributed by atoms with Crippen molar-refractivity contribution >= 4 is 5.91 Å². The van der Waals surface area contributed by atoms with Gasteiger partial charge in [-0.3, -0.25) is 4.79 Å². The van der Waals surface area contributed by atoms with Gasteiger partial charge in [0, 0.05) is 25.6 Å². The Labute approximate surface area is 141 Å². The molecule has 1 heterocycles. The second-order valence-corrected chi connectivity index (χ2v) is 6.71. The summed E-state index contributed by atoms with van der Waals surface area (Å²) in [5, 5.41) is 3.02. The van der Waals surface area contributed by atoms with E-state index >= 15 is 0 Å². The molecule has 2 aliphatic rings. The molecule has 0 spiro atoms. The number of halogens is 2. The Morgan fingerprint density at radius 3 is 2.67 bits per heavy atom. The molecule has 0 aromatic heterocycles. The quantitative estimate of drug-likeness (QED) is 0.792. The van der Waals surface area contributed by atoms with E-state index in [1.807, 2.05) is 0 Å². The van der Waals surface area contributed by atoms with Crippen LogP contribution >= 0.6 is 0 Å². The van der Waals surface area contributed by atoms with E-state index in [-0.39, 0.29) is 11.7 Å². The molecule has 1 unspecified atom stereocenters. The third-order valence-electron chi connectivity index (χ3n) is 4.76. The van der Waals surface area contributed by atoms with E-state index in [9.17, 15) is 13.6 Å². The topological polar surface area (TPSA) is 41.6 Å². The molecule has 2 fully saturated rings. The SMILES string of the molecule is O=C(CCc1ccc(OC(F)F)cc1)NCC1CCN(C2CC2)C1. The minimum atomic E-state index is -2.81. The molecule has 4 nitrogen and oxygen atoms in total. The summed E-state index contributed by atoms with van der Waals surface area (Å²) in [6, 6.07) is 7.25. The zero-order valence-corrected chi connectivity index (χ0v) is 13.7. The summed E-state index contributed by atoms with van der Waals surface area (Å²) in [6.45, 7) is 0.214. The Bertz CT molecular complexity index is 546. The Balaban J connectivity index is 1.33. The average molecular weight is 338 g/mol. The van der Waals surface area contributed by atoms with Gasteiger partial charge in [0.2, 0.25) is 5.91 Å². The molecule has 0 radical (unpaired) electrons. The smallest absolute Gasteiger partial charge is 0.387 e. The van der Waals surface area contributed by atoms with Crippen LogP contribution in [0.15, 0.2) is 24.3 Å². The lowest BCUT2D eigenvalue weighted by Gasteiger charge is -2.15. The molecule has 1 aromatic carbocycles. The number of carbonyl (C=O) groups excluding carboxylic acids is 1. The van der Waals surface area contributed by atoms with Gasteiger partial charge < -0.3 is 15.0 Å². The molecule has 24 heavy (non-hydrogen) atoms. The number of nitrogens with zero attached hydrogens (tertiary/aromatic N) is 1. The monoisotopic (exact) mass is 338 g/mol. The average Bonchev–Trinajstić information content (AvgIpc) is 3.30. The maximum absolute atomic E-state index is 12.1. The van der Waals surface area contributed by atoms with Crippen LogP contribution < -0.4 is 10.1 Å². The van der Waals surface area contributed by atoms with Crippen LogP contribution in [-0.4, -0.2) is 43.1 Å². The van der Waals surface area contributed by atoms with Gasteiger partial charge in [-0.05, 0) is 55.8 Å². The van der Waals surface area contributed by atoms with Gasteiger partial charge in [-0.25, -0.2) is 0 Å². The number of likely N-dealkylation sites (tertiary alicyclic amines) is 1. The van der Waals surface area contributed by atoms with Gasteiger partial charge in [0.15, 0.2) is 0 Å². The predicted molar refractivity (Wildman–Crippen MR) is 87.1 cm³/mol. The van der Waals surface area contributed by atoms with Crippen molar-refractivity contribution in [3.63, 3.8) is 0 Å². The van der Waals surface area contributed by atoms with Crippen LogP contribution in [-0.2, 0) is 11.2 Å². The first kappa shape index (κ1) is 17.1. The number of hydrogen-bond donors (Lipinski definition) is 1. The van der Waals surface area contributed by atoms with Crippen molar-refractivity contribution in [2.24, 2.45) is 5.92 Å². The fourth-order valence-corrected chi connectivity index (χ4v) is 3.24. The van der Waals surface area contributed by atoms with Crippen LogP contribution in [0.5, 0.6) is 5.75 Å². The molecule has 1 saturated heterocycles. The van der Waals surface area contributed by atoms with Gasteiger partial charge in [0.05, 0.1) is 0 Å². The zero-order valence-electron chi connectivity index (χ0n) is 13.7. The van der Waals surface area contributed by atoms with E-state index in [0.717, 1.165) is 31.2 Å². The number of amides is 1. The Morgan fingerprint density at radius 1 is 1.25 bits per heavy atom. The van der Waals surface area contributed by atoms with Crippen LogP contribution in [0.2, 0.25) is 0 Å². The fourth-order valence-electron chi connectivity index (χ4n) is 3.24. The van der Waals surface area contributed by atoms with Crippen molar-refractivity contribution in [1.82, 2.24) is 10.2 Å². The summed E-state index contributed by atoms with van der Waals surface area (Å²) in [4.78, 5) is 14.5. The first-order chi connectivity index (χ1) is 11.6. The third-order valence-corrected chi connectivity index (χ3v) is 4.76. The lowest BCUT2D eigenvalue weighted by Crippen LogP contribution is -2.31. The normalized spacial score (nSPS) is 21.2. The standard InChI is InChI=1S/C18H24F2N2O2/c19-18(20)24-16-6-1-13(2-7-16)3-8-17(23)21-11-14-9-10-22(12-14)15-4-5-15/h1-2,6-7,14-15,18H,3-5,8-12H2,(H,21,23). The molecule has 1 aromatic rings. The van der Waals surface area contributed by atoms with Gasteiger partial charge in [0.25, 0.3) is 0 Å². The van der Waals surface area contributed by atoms with E-state index in [4.69, 9.17) is 0 Å². The lowest BCUT2D eigenvalue weighted by molar-refractivity contribution is -0.121. The molecule has 1 N–H and O–H groups in total. The Kier molecular flexibility index (Phi) is 5.66. The molecule has 1 aliphatic heterocycles. The second kappa shape index (κ2) is 7.92. The van der Waals surface area contributed by atoms with Gasteiger partial charge >= 0.3 is 6.61 Å². The first-order valence-corrected chi connectivity index (χ1v) is 8.64. The van der Waals surface area contributed by atoms with Crippen LogP contribution in [0.25, 0.3) is 0 Å². The van der Waals surface area contributed by atoms with Gasteiger partial charge in [-0.2, -0.15) is 8.78 Å². The van der Waals surface area contributed by atoms with E-state index in [0.29, 0.717) is 18.8 Å². The van der Waals surface area contributed by atoms with Gasteiger partial charge in [-0.1, -0.05) is 12.1 Å². The lowest BCUT2D eigenvalue weighted by atomic mass is 10.1. The first-order valence-electron chi connectivity index (χ1n) is 8.64. The predicted octanol–water partition coefficient (Wildman–Crippen LogP) is 2.82. The summed E-state index contributed by atoms with van der Waals surface area (Å²) >= 11 is 0. The van der Waals surface area contributed by atoms with Crippen LogP contribution in [0.4, 0.5) is 8.78 Å². The molecule has 0 bridgehead atoms. The van der Waals surface area contributed by atoms with Crippen molar-refractivity contribution in [3.8, 4) is 5.75 Å². The summed E-state index contributed by atoms with van der Waals surface area (Å²) in [5.41, 5.74) is 0.938. The van der Waals surface area contributed by atoms with Crippen molar-refractivity contribution in [2.45, 2.75) is 44.8 Å². The van der Waals surface area contributed by atoms with Crippen molar-refractivity contribution in [3.05, 3.63) is 29.8 Å². The van der Waals surface area contributed by atoms with Crippen LogP contribution in [0.3, 0.4) is 0 Å². The van der Waals surface area contributed by atoms with Crippen molar-refractivity contribution < 1.29 is 18.3 Å². The highest BCUT2D eigenvalue weighted by Gasteiger charge is 2.34. The molecular weight excluding hydrogens is 314 g/mol. The largest absolute Gasteiger partial charge is 0.435 e. The van der Waals surface area contributed by atoms with Crippen molar-refractivity contribution in [1.29, 1.82) is 0 Å². The number of alkyl halides is 2. The minimum Gasteiger partial charge on any atom is -0.435 e. The summed E-state index contributed by atoms with van der Waals surface area (Å²) in [5.74, 6) is 0.757. The summed E-state index contributed by atoms with van der Waals surface area (Å²) < 4.78 is 28.5. The van der Waals surface area contributed by atoms with E-state index in [1.165, 1.54) is 31.4 Å². The maximum Gasteiger partial charge on any atom is 0.387 e. The molecule has 132 valence electrons. The highest BCUT2D eigenvalue weighted by atomic mass is 19.3.